The Morgan fingerprint density at radius 2 is 2.36 bits per heavy atom. The Morgan fingerprint density at radius 3 is 2.86 bits per heavy atom. The lowest BCUT2D eigenvalue weighted by atomic mass is 10.2. The molecule has 1 aromatic rings. The highest BCUT2D eigenvalue weighted by atomic mass is 79.9. The second kappa shape index (κ2) is 5.32. The minimum Gasteiger partial charge on any atom is -0.460 e. The number of hydrogen-bond donors (Lipinski definition) is 1. The van der Waals surface area contributed by atoms with Crippen molar-refractivity contribution in [2.24, 2.45) is 0 Å². The van der Waals surface area contributed by atoms with Crippen molar-refractivity contribution >= 4 is 21.7 Å². The maximum absolute atomic E-state index is 11.5. The summed E-state index contributed by atoms with van der Waals surface area (Å²) in [7, 11) is 0. The predicted octanol–water partition coefficient (Wildman–Crippen LogP) is 2.61. The molecular weight excluding hydrogens is 246 g/mol. The Balaban J connectivity index is 2.40. The van der Waals surface area contributed by atoms with Gasteiger partial charge in [0, 0.05) is 19.0 Å². The first-order valence-corrected chi connectivity index (χ1v) is 5.40. The number of carbonyl (C=O) groups excluding carboxylic acids is 1. The zero-order chi connectivity index (χ0) is 10.6. The van der Waals surface area contributed by atoms with Gasteiger partial charge in [0.2, 0.25) is 0 Å². The molecule has 1 rings (SSSR count). The summed E-state index contributed by atoms with van der Waals surface area (Å²) >= 11 is 3.25. The average molecular weight is 260 g/mol. The molecule has 0 aromatic carbocycles. The molecule has 0 saturated carbocycles. The van der Waals surface area contributed by atoms with Crippen LogP contribution in [0.3, 0.4) is 0 Å². The molecule has 3 nitrogen and oxygen atoms in total. The molecule has 4 heteroatoms. The lowest BCUT2D eigenvalue weighted by Crippen LogP contribution is -2.25. The van der Waals surface area contributed by atoms with Crippen LogP contribution in [0.25, 0.3) is 0 Å². The van der Waals surface area contributed by atoms with Crippen molar-refractivity contribution < 1.29 is 9.21 Å². The van der Waals surface area contributed by atoms with Crippen LogP contribution in [-0.2, 0) is 0 Å². The molecule has 1 N–H and O–H groups in total. The fourth-order valence-corrected chi connectivity index (χ4v) is 1.50. The van der Waals surface area contributed by atoms with Gasteiger partial charge < -0.3 is 9.73 Å². The van der Waals surface area contributed by atoms with E-state index in [2.05, 4.69) is 21.2 Å². The van der Waals surface area contributed by atoms with Crippen LogP contribution in [0.15, 0.2) is 21.2 Å². The quantitative estimate of drug-likeness (QED) is 0.827. The molecule has 0 fully saturated rings. The molecule has 0 atom stereocenters. The Hall–Kier alpha value is -0.610. The van der Waals surface area contributed by atoms with Crippen LogP contribution >= 0.6 is 15.9 Å². The van der Waals surface area contributed by atoms with Crippen LogP contribution in [-0.4, -0.2) is 18.4 Å². The van der Waals surface area contributed by atoms with E-state index in [1.54, 1.807) is 6.07 Å². The lowest BCUT2D eigenvalue weighted by Gasteiger charge is -2.05. The number of furan rings is 1. The highest BCUT2D eigenvalue weighted by molar-refractivity contribution is 9.10. The van der Waals surface area contributed by atoms with Crippen molar-refractivity contribution in [1.82, 2.24) is 5.32 Å². The van der Waals surface area contributed by atoms with Gasteiger partial charge in [0.15, 0.2) is 11.5 Å². The van der Waals surface area contributed by atoms with E-state index in [-0.39, 0.29) is 5.78 Å². The summed E-state index contributed by atoms with van der Waals surface area (Å²) in [6.07, 6.45) is 1.97. The molecule has 78 valence electrons. The molecular formula is C10H14BrNO2. The molecule has 0 aliphatic heterocycles. The fourth-order valence-electron chi connectivity index (χ4n) is 1.08. The molecule has 14 heavy (non-hydrogen) atoms. The normalized spacial score (nSPS) is 10.9. The zero-order valence-electron chi connectivity index (χ0n) is 8.34. The lowest BCUT2D eigenvalue weighted by molar-refractivity contribution is 0.0954. The van der Waals surface area contributed by atoms with E-state index in [1.807, 2.05) is 13.8 Å². The van der Waals surface area contributed by atoms with Crippen LogP contribution < -0.4 is 5.32 Å². The van der Waals surface area contributed by atoms with Gasteiger partial charge in [0.05, 0.1) is 10.7 Å². The van der Waals surface area contributed by atoms with Crippen LogP contribution in [0.4, 0.5) is 0 Å². The van der Waals surface area contributed by atoms with Gasteiger partial charge in [-0.25, -0.2) is 0 Å². The largest absolute Gasteiger partial charge is 0.460 e. The van der Waals surface area contributed by atoms with Gasteiger partial charge in [-0.1, -0.05) is 13.8 Å². The third-order valence-electron chi connectivity index (χ3n) is 1.78. The van der Waals surface area contributed by atoms with Gasteiger partial charge in [0.1, 0.15) is 0 Å². The van der Waals surface area contributed by atoms with Gasteiger partial charge in [-0.05, 0) is 22.0 Å². The van der Waals surface area contributed by atoms with E-state index in [1.165, 1.54) is 6.26 Å². The molecule has 0 amide bonds. The van der Waals surface area contributed by atoms with Gasteiger partial charge in [-0.3, -0.25) is 4.79 Å². The van der Waals surface area contributed by atoms with E-state index in [0.717, 1.165) is 4.47 Å². The highest BCUT2D eigenvalue weighted by Gasteiger charge is 2.12. The average Bonchev–Trinajstić information content (AvgIpc) is 2.50. The summed E-state index contributed by atoms with van der Waals surface area (Å²) in [6, 6.07) is 2.13. The van der Waals surface area contributed by atoms with Crippen molar-refractivity contribution in [3.05, 3.63) is 22.6 Å². The van der Waals surface area contributed by atoms with E-state index < -0.39 is 0 Å². The first kappa shape index (κ1) is 11.5. The van der Waals surface area contributed by atoms with Crippen LogP contribution in [0.5, 0.6) is 0 Å². The van der Waals surface area contributed by atoms with Gasteiger partial charge in [-0.15, -0.1) is 0 Å². The standard InChI is InChI=1S/C10H14BrNO2/c1-7(2)12-5-3-9(13)10-8(11)4-6-14-10/h4,6-7,12H,3,5H2,1-2H3. The number of nitrogens with one attached hydrogen (secondary N) is 1. The van der Waals surface area contributed by atoms with Crippen molar-refractivity contribution in [1.29, 1.82) is 0 Å². The third-order valence-corrected chi connectivity index (χ3v) is 2.40. The molecule has 1 aromatic heterocycles. The fraction of sp³-hybridized carbons (Fsp3) is 0.500. The minimum atomic E-state index is 0.0232. The van der Waals surface area contributed by atoms with Crippen LogP contribution in [0.2, 0.25) is 0 Å². The van der Waals surface area contributed by atoms with Crippen molar-refractivity contribution in [2.75, 3.05) is 6.54 Å². The molecule has 1 heterocycles. The zero-order valence-corrected chi connectivity index (χ0v) is 9.93. The van der Waals surface area contributed by atoms with Crippen LogP contribution in [0, 0.1) is 0 Å². The minimum absolute atomic E-state index is 0.0232. The molecule has 0 bridgehead atoms. The number of ketones is 1. The maximum atomic E-state index is 11.5. The third kappa shape index (κ3) is 3.27. The van der Waals surface area contributed by atoms with Gasteiger partial charge >= 0.3 is 0 Å². The topological polar surface area (TPSA) is 42.2 Å². The Bertz CT molecular complexity index is 307. The van der Waals surface area contributed by atoms with Gasteiger partial charge in [-0.2, -0.15) is 0 Å². The number of halogens is 1. The molecule has 0 spiro atoms. The van der Waals surface area contributed by atoms with Crippen molar-refractivity contribution in [3.8, 4) is 0 Å². The SMILES string of the molecule is CC(C)NCCC(=O)c1occc1Br. The monoisotopic (exact) mass is 259 g/mol. The predicted molar refractivity (Wildman–Crippen MR) is 58.5 cm³/mol. The maximum Gasteiger partial charge on any atom is 0.200 e. The summed E-state index contributed by atoms with van der Waals surface area (Å²) in [5, 5.41) is 3.18. The van der Waals surface area contributed by atoms with Crippen molar-refractivity contribution in [3.63, 3.8) is 0 Å². The summed E-state index contributed by atoms with van der Waals surface area (Å²) in [5.41, 5.74) is 0. The second-order valence-electron chi connectivity index (χ2n) is 3.38. The number of Topliss-reactive ketones (excluding diaryl/α,β-unsaturated/α-hetero) is 1. The molecule has 0 aliphatic rings. The van der Waals surface area contributed by atoms with Gasteiger partial charge in [0.25, 0.3) is 0 Å². The smallest absolute Gasteiger partial charge is 0.200 e. The number of carbonyl (C=O) groups is 1. The molecule has 0 saturated heterocycles. The first-order valence-electron chi connectivity index (χ1n) is 4.61. The summed E-state index contributed by atoms with van der Waals surface area (Å²) in [5.74, 6) is 0.436. The molecule has 0 unspecified atom stereocenters. The molecule has 0 radical (unpaired) electrons. The molecule has 0 aliphatic carbocycles. The van der Waals surface area contributed by atoms with Crippen LogP contribution in [0.1, 0.15) is 30.8 Å². The Labute approximate surface area is 92.0 Å². The number of hydrogen-bond acceptors (Lipinski definition) is 3. The summed E-state index contributed by atoms with van der Waals surface area (Å²) in [6.45, 7) is 4.78. The highest BCUT2D eigenvalue weighted by Crippen LogP contribution is 2.18. The summed E-state index contributed by atoms with van der Waals surface area (Å²) in [4.78, 5) is 11.5. The van der Waals surface area contributed by atoms with E-state index in [9.17, 15) is 4.79 Å². The van der Waals surface area contributed by atoms with E-state index >= 15 is 0 Å². The Kier molecular flexibility index (Phi) is 4.35. The first-order chi connectivity index (χ1) is 6.61. The van der Waals surface area contributed by atoms with Crippen molar-refractivity contribution in [2.45, 2.75) is 26.3 Å². The summed E-state index contributed by atoms with van der Waals surface area (Å²) < 4.78 is 5.79. The number of rotatable bonds is 5. The Morgan fingerprint density at radius 1 is 1.64 bits per heavy atom. The second-order valence-corrected chi connectivity index (χ2v) is 4.23. The van der Waals surface area contributed by atoms with E-state index in [4.69, 9.17) is 4.42 Å². The van der Waals surface area contributed by atoms with E-state index in [0.29, 0.717) is 24.8 Å².